The molecule has 0 spiro atoms. The summed E-state index contributed by atoms with van der Waals surface area (Å²) in [5, 5.41) is 17.9. The van der Waals surface area contributed by atoms with Crippen LogP contribution in [0.3, 0.4) is 0 Å². The van der Waals surface area contributed by atoms with Crippen LogP contribution >= 0.6 is 0 Å². The van der Waals surface area contributed by atoms with E-state index in [2.05, 4.69) is 6.58 Å². The maximum atomic E-state index is 9.07. The Labute approximate surface area is 55.8 Å². The van der Waals surface area contributed by atoms with Crippen LogP contribution in [0.4, 0.5) is 0 Å². The van der Waals surface area contributed by atoms with Gasteiger partial charge in [0.2, 0.25) is 0 Å². The van der Waals surface area contributed by atoms with E-state index in [9.17, 15) is 0 Å². The maximum absolute atomic E-state index is 9.07. The molecule has 0 aromatic carbocycles. The van der Waals surface area contributed by atoms with E-state index in [1.54, 1.807) is 13.0 Å². The molecule has 0 unspecified atom stereocenters. The van der Waals surface area contributed by atoms with Crippen molar-refractivity contribution in [1.29, 1.82) is 0 Å². The Kier molecular flexibility index (Phi) is 3.50. The van der Waals surface area contributed by atoms with Gasteiger partial charge < -0.3 is 10.2 Å². The van der Waals surface area contributed by atoms with Gasteiger partial charge in [-0.3, -0.25) is 0 Å². The Bertz CT molecular complexity index is 88.9. The monoisotopic (exact) mass is 130 g/mol. The van der Waals surface area contributed by atoms with E-state index in [0.29, 0.717) is 0 Å². The lowest BCUT2D eigenvalue weighted by Gasteiger charge is -2.17. The quantitative estimate of drug-likeness (QED) is 0.548. The molecule has 0 aromatic rings. The summed E-state index contributed by atoms with van der Waals surface area (Å²) in [6, 6.07) is 0. The number of aliphatic hydroxyl groups excluding tert-OH is 2. The molecule has 0 aliphatic carbocycles. The van der Waals surface area contributed by atoms with E-state index in [4.69, 9.17) is 10.2 Å². The second-order valence-corrected chi connectivity index (χ2v) is 2.33. The summed E-state index contributed by atoms with van der Waals surface area (Å²) < 4.78 is 0. The molecule has 9 heavy (non-hydrogen) atoms. The third kappa shape index (κ3) is 2.63. The van der Waals surface area contributed by atoms with Crippen molar-refractivity contribution in [2.45, 2.75) is 26.1 Å². The average molecular weight is 130 g/mol. The van der Waals surface area contributed by atoms with Gasteiger partial charge in [-0.2, -0.15) is 0 Å². The molecule has 0 radical (unpaired) electrons. The summed E-state index contributed by atoms with van der Waals surface area (Å²) in [6.07, 6.45) is 0.276. The molecule has 3 atom stereocenters. The predicted molar refractivity (Wildman–Crippen MR) is 37.0 cm³/mol. The number of hydrogen-bond donors (Lipinski definition) is 2. The van der Waals surface area contributed by atoms with Crippen molar-refractivity contribution in [1.82, 2.24) is 0 Å². The molecule has 0 fully saturated rings. The van der Waals surface area contributed by atoms with E-state index in [1.807, 2.05) is 6.92 Å². The fourth-order valence-corrected chi connectivity index (χ4v) is 0.579. The van der Waals surface area contributed by atoms with Crippen LogP contribution in [-0.2, 0) is 0 Å². The Morgan fingerprint density at radius 1 is 1.33 bits per heavy atom. The van der Waals surface area contributed by atoms with Crippen molar-refractivity contribution in [3.8, 4) is 0 Å². The molecule has 0 aromatic heterocycles. The van der Waals surface area contributed by atoms with Crippen molar-refractivity contribution in [3.05, 3.63) is 12.7 Å². The van der Waals surface area contributed by atoms with Gasteiger partial charge in [0.15, 0.2) is 0 Å². The number of aliphatic hydroxyl groups is 2. The van der Waals surface area contributed by atoms with Crippen LogP contribution in [0.25, 0.3) is 0 Å². The highest BCUT2D eigenvalue weighted by molar-refractivity contribution is 4.83. The first kappa shape index (κ1) is 8.66. The van der Waals surface area contributed by atoms with Crippen LogP contribution in [0.2, 0.25) is 0 Å². The molecule has 0 saturated heterocycles. The van der Waals surface area contributed by atoms with Gasteiger partial charge in [0.05, 0.1) is 12.2 Å². The molecule has 0 bridgehead atoms. The second-order valence-electron chi connectivity index (χ2n) is 2.33. The highest BCUT2D eigenvalue weighted by Gasteiger charge is 2.15. The predicted octanol–water partition coefficient (Wildman–Crippen LogP) is 0.550. The lowest BCUT2D eigenvalue weighted by atomic mass is 10.0. The van der Waals surface area contributed by atoms with Crippen LogP contribution in [0.5, 0.6) is 0 Å². The molecule has 0 rings (SSSR count). The van der Waals surface area contributed by atoms with Gasteiger partial charge in [0.25, 0.3) is 0 Å². The third-order valence-corrected chi connectivity index (χ3v) is 1.40. The molecule has 0 amide bonds. The average Bonchev–Trinajstić information content (AvgIpc) is 1.84. The Morgan fingerprint density at radius 2 is 1.78 bits per heavy atom. The van der Waals surface area contributed by atoms with Crippen molar-refractivity contribution >= 4 is 0 Å². The highest BCUT2D eigenvalue weighted by atomic mass is 16.3. The summed E-state index contributed by atoms with van der Waals surface area (Å²) in [6.45, 7) is 6.86. The van der Waals surface area contributed by atoms with Crippen LogP contribution in [0, 0.1) is 5.92 Å². The number of rotatable bonds is 3. The van der Waals surface area contributed by atoms with Crippen LogP contribution in [0.15, 0.2) is 12.7 Å². The van der Waals surface area contributed by atoms with E-state index in [0.717, 1.165) is 0 Å². The second kappa shape index (κ2) is 3.64. The zero-order valence-corrected chi connectivity index (χ0v) is 5.91. The highest BCUT2D eigenvalue weighted by Crippen LogP contribution is 2.06. The first-order chi connectivity index (χ1) is 4.09. The largest absolute Gasteiger partial charge is 0.391 e. The lowest BCUT2D eigenvalue weighted by Crippen LogP contribution is -2.28. The smallest absolute Gasteiger partial charge is 0.0855 e. The number of hydrogen-bond acceptors (Lipinski definition) is 2. The molecular formula is C7H14O2. The topological polar surface area (TPSA) is 40.5 Å². The maximum Gasteiger partial charge on any atom is 0.0855 e. The molecular weight excluding hydrogens is 116 g/mol. The van der Waals surface area contributed by atoms with Crippen LogP contribution in [-0.4, -0.2) is 22.4 Å². The summed E-state index contributed by atoms with van der Waals surface area (Å²) >= 11 is 0. The summed E-state index contributed by atoms with van der Waals surface area (Å²) in [4.78, 5) is 0. The van der Waals surface area contributed by atoms with Crippen molar-refractivity contribution < 1.29 is 10.2 Å². The fraction of sp³-hybridized carbons (Fsp3) is 0.714. The fourth-order valence-electron chi connectivity index (χ4n) is 0.579. The first-order valence-electron chi connectivity index (χ1n) is 3.08. The van der Waals surface area contributed by atoms with Crippen molar-refractivity contribution in [3.63, 3.8) is 0 Å². The lowest BCUT2D eigenvalue weighted by molar-refractivity contribution is 0.00985. The zero-order valence-electron chi connectivity index (χ0n) is 5.91. The minimum absolute atomic E-state index is 0.0370. The normalized spacial score (nSPS) is 20.4. The van der Waals surface area contributed by atoms with Gasteiger partial charge in [0, 0.05) is 5.92 Å². The third-order valence-electron chi connectivity index (χ3n) is 1.40. The van der Waals surface area contributed by atoms with E-state index in [-0.39, 0.29) is 5.92 Å². The minimum atomic E-state index is -0.678. The van der Waals surface area contributed by atoms with Gasteiger partial charge in [-0.05, 0) is 6.92 Å². The molecule has 0 saturated carbocycles. The van der Waals surface area contributed by atoms with E-state index >= 15 is 0 Å². The van der Waals surface area contributed by atoms with Crippen molar-refractivity contribution in [2.75, 3.05) is 0 Å². The minimum Gasteiger partial charge on any atom is -0.391 e. The van der Waals surface area contributed by atoms with Gasteiger partial charge in [-0.15, -0.1) is 6.58 Å². The van der Waals surface area contributed by atoms with Crippen molar-refractivity contribution in [2.24, 2.45) is 5.92 Å². The first-order valence-corrected chi connectivity index (χ1v) is 3.08. The molecule has 2 nitrogen and oxygen atoms in total. The van der Waals surface area contributed by atoms with Crippen LogP contribution < -0.4 is 0 Å². The molecule has 0 aliphatic rings. The zero-order chi connectivity index (χ0) is 7.44. The van der Waals surface area contributed by atoms with Crippen LogP contribution in [0.1, 0.15) is 13.8 Å². The summed E-state index contributed by atoms with van der Waals surface area (Å²) in [5.41, 5.74) is 0. The summed E-state index contributed by atoms with van der Waals surface area (Å²) in [5.74, 6) is -0.0370. The van der Waals surface area contributed by atoms with Gasteiger partial charge in [0.1, 0.15) is 0 Å². The van der Waals surface area contributed by atoms with Gasteiger partial charge in [-0.25, -0.2) is 0 Å². The van der Waals surface area contributed by atoms with E-state index < -0.39 is 12.2 Å². The molecule has 54 valence electrons. The molecule has 0 heterocycles. The SMILES string of the molecule is C=C[C@@H](C)[C@@H](O)[C@@H](C)O. The molecule has 2 N–H and O–H groups in total. The molecule has 2 heteroatoms. The Balaban J connectivity index is 3.71. The summed E-state index contributed by atoms with van der Waals surface area (Å²) in [7, 11) is 0. The molecule has 0 aliphatic heterocycles. The van der Waals surface area contributed by atoms with Gasteiger partial charge in [-0.1, -0.05) is 13.0 Å². The van der Waals surface area contributed by atoms with Gasteiger partial charge >= 0.3 is 0 Å². The standard InChI is InChI=1S/C7H14O2/c1-4-5(2)7(9)6(3)8/h4-9H,1H2,2-3H3/t5-,6-,7-/m1/s1. The van der Waals surface area contributed by atoms with E-state index in [1.165, 1.54) is 0 Å². The Hall–Kier alpha value is -0.340. The Morgan fingerprint density at radius 3 is 1.89 bits per heavy atom.